The Kier molecular flexibility index (Phi) is 5.43. The van der Waals surface area contributed by atoms with Crippen LogP contribution in [0.15, 0.2) is 47.3 Å². The zero-order valence-electron chi connectivity index (χ0n) is 19.0. The first-order valence-electron chi connectivity index (χ1n) is 11.0. The fraction of sp³-hybridized carbons (Fsp3) is 0.333. The van der Waals surface area contributed by atoms with E-state index in [-0.39, 0.29) is 17.7 Å². The van der Waals surface area contributed by atoms with Crippen molar-refractivity contribution < 1.29 is 4.74 Å². The predicted molar refractivity (Wildman–Crippen MR) is 127 cm³/mol. The van der Waals surface area contributed by atoms with Gasteiger partial charge in [-0.3, -0.25) is 4.98 Å². The van der Waals surface area contributed by atoms with Crippen molar-refractivity contribution >= 4 is 11.6 Å². The molecular weight excluding hydrogens is 418 g/mol. The van der Waals surface area contributed by atoms with E-state index in [1.54, 1.807) is 0 Å². The number of pyridine rings is 1. The molecule has 5 rings (SSSR count). The van der Waals surface area contributed by atoms with Gasteiger partial charge < -0.3 is 15.4 Å². The van der Waals surface area contributed by atoms with Crippen molar-refractivity contribution in [2.75, 3.05) is 32.5 Å². The minimum Gasteiger partial charge on any atom is -0.374 e. The fourth-order valence-electron chi connectivity index (χ4n) is 4.44. The number of likely N-dealkylation sites (N-methyl/N-ethyl adjacent to an activating group) is 1. The number of hydrogen-bond donors (Lipinski definition) is 1. The third-order valence-electron chi connectivity index (χ3n) is 5.89. The molecule has 0 radical (unpaired) electrons. The molecule has 0 amide bonds. The van der Waals surface area contributed by atoms with Gasteiger partial charge in [0.15, 0.2) is 5.65 Å². The third kappa shape index (κ3) is 4.01. The Morgan fingerprint density at radius 1 is 1.09 bits per heavy atom. The maximum atomic E-state index is 13.3. The number of morpholine rings is 1. The van der Waals surface area contributed by atoms with E-state index in [0.717, 1.165) is 41.2 Å². The van der Waals surface area contributed by atoms with Crippen LogP contribution in [-0.4, -0.2) is 61.9 Å². The summed E-state index contributed by atoms with van der Waals surface area (Å²) in [7, 11) is 2.04. The van der Waals surface area contributed by atoms with Gasteiger partial charge in [0.1, 0.15) is 0 Å². The van der Waals surface area contributed by atoms with Crippen LogP contribution in [0.2, 0.25) is 0 Å². The van der Waals surface area contributed by atoms with Gasteiger partial charge in [0.2, 0.25) is 5.95 Å². The van der Waals surface area contributed by atoms with Gasteiger partial charge in [-0.15, -0.1) is 5.10 Å². The lowest BCUT2D eigenvalue weighted by atomic mass is 9.99. The van der Waals surface area contributed by atoms with E-state index < -0.39 is 0 Å². The van der Waals surface area contributed by atoms with Gasteiger partial charge in [0.05, 0.1) is 30.5 Å². The minimum absolute atomic E-state index is 0.105. The number of nitrogens with zero attached hydrogens (tertiary/aromatic N) is 6. The molecule has 0 spiro atoms. The number of fused-ring (bicyclic) bond motifs is 1. The average Bonchev–Trinajstić information content (AvgIpc) is 3.10. The van der Waals surface area contributed by atoms with Crippen molar-refractivity contribution in [1.29, 1.82) is 0 Å². The van der Waals surface area contributed by atoms with E-state index >= 15 is 0 Å². The first-order valence-corrected chi connectivity index (χ1v) is 11.0. The molecule has 1 unspecified atom stereocenters. The highest BCUT2D eigenvalue weighted by Gasteiger charge is 2.24. The Balaban J connectivity index is 1.75. The van der Waals surface area contributed by atoms with Gasteiger partial charge >= 0.3 is 5.69 Å². The van der Waals surface area contributed by atoms with Crippen molar-refractivity contribution in [3.8, 4) is 22.4 Å². The zero-order valence-corrected chi connectivity index (χ0v) is 19.0. The standard InChI is InChI=1S/C24H27N7O2/c1-15-11-18(12-16(2)26-15)20-21(17-7-5-4-6-8-17)27-23(25)31-22(20)28-30(24(31)32)14-19-13-29(3)9-10-33-19/h4-8,11-12,19H,9-10,13-14H2,1-3H3,(H2,25,27). The van der Waals surface area contributed by atoms with Gasteiger partial charge in [-0.25, -0.2) is 18.9 Å². The van der Waals surface area contributed by atoms with Gasteiger partial charge in [-0.05, 0) is 38.6 Å². The molecule has 170 valence electrons. The van der Waals surface area contributed by atoms with Crippen LogP contribution >= 0.6 is 0 Å². The average molecular weight is 446 g/mol. The number of ether oxygens (including phenoxy) is 1. The Labute approximate surface area is 191 Å². The number of aromatic nitrogens is 5. The number of nitrogens with two attached hydrogens (primary N) is 1. The quantitative estimate of drug-likeness (QED) is 0.513. The number of aryl methyl sites for hydroxylation is 2. The molecule has 2 N–H and O–H groups in total. The molecule has 1 fully saturated rings. The van der Waals surface area contributed by atoms with E-state index in [1.165, 1.54) is 9.08 Å². The number of rotatable bonds is 4. The molecule has 1 atom stereocenters. The summed E-state index contributed by atoms with van der Waals surface area (Å²) in [6, 6.07) is 13.8. The van der Waals surface area contributed by atoms with Crippen LogP contribution in [0.1, 0.15) is 11.4 Å². The number of nitrogen functional groups attached to an aromatic ring is 1. The molecule has 9 heteroatoms. The molecule has 1 aromatic carbocycles. The second kappa shape index (κ2) is 8.42. The molecule has 3 aromatic heterocycles. The summed E-state index contributed by atoms with van der Waals surface area (Å²) < 4.78 is 8.70. The molecule has 0 saturated carbocycles. The van der Waals surface area contributed by atoms with Crippen LogP contribution in [0.3, 0.4) is 0 Å². The normalized spacial score (nSPS) is 17.0. The van der Waals surface area contributed by atoms with E-state index in [1.807, 2.05) is 63.4 Å². The first-order chi connectivity index (χ1) is 15.9. The number of benzene rings is 1. The van der Waals surface area contributed by atoms with E-state index in [0.29, 0.717) is 24.5 Å². The highest BCUT2D eigenvalue weighted by Crippen LogP contribution is 2.34. The van der Waals surface area contributed by atoms with Crippen molar-refractivity contribution in [3.63, 3.8) is 0 Å². The third-order valence-corrected chi connectivity index (χ3v) is 5.89. The van der Waals surface area contributed by atoms with Crippen molar-refractivity contribution in [2.24, 2.45) is 0 Å². The lowest BCUT2D eigenvalue weighted by Gasteiger charge is -2.29. The Hall–Kier alpha value is -3.56. The second-order valence-corrected chi connectivity index (χ2v) is 8.58. The summed E-state index contributed by atoms with van der Waals surface area (Å²) in [5.74, 6) is 0.105. The predicted octanol–water partition coefficient (Wildman–Crippen LogP) is 2.15. The van der Waals surface area contributed by atoms with Crippen molar-refractivity contribution in [2.45, 2.75) is 26.5 Å². The van der Waals surface area contributed by atoms with Gasteiger partial charge in [0.25, 0.3) is 0 Å². The van der Waals surface area contributed by atoms with Crippen LogP contribution in [0, 0.1) is 13.8 Å². The van der Waals surface area contributed by atoms with Crippen molar-refractivity contribution in [3.05, 3.63) is 64.3 Å². The minimum atomic E-state index is -0.324. The summed E-state index contributed by atoms with van der Waals surface area (Å²) >= 11 is 0. The Morgan fingerprint density at radius 3 is 2.52 bits per heavy atom. The largest absolute Gasteiger partial charge is 0.374 e. The van der Waals surface area contributed by atoms with Crippen molar-refractivity contribution in [1.82, 2.24) is 29.0 Å². The first kappa shape index (κ1) is 21.3. The topological polar surface area (TPSA) is 104 Å². The molecule has 4 heterocycles. The number of anilines is 1. The summed E-state index contributed by atoms with van der Waals surface area (Å²) in [5, 5.41) is 4.74. The second-order valence-electron chi connectivity index (χ2n) is 8.58. The monoisotopic (exact) mass is 445 g/mol. The summed E-state index contributed by atoms with van der Waals surface area (Å²) in [5.41, 5.74) is 11.4. The van der Waals surface area contributed by atoms with Crippen LogP contribution in [0.25, 0.3) is 28.0 Å². The van der Waals surface area contributed by atoms with Crippen LogP contribution in [0.5, 0.6) is 0 Å². The molecule has 33 heavy (non-hydrogen) atoms. The number of hydrogen-bond acceptors (Lipinski definition) is 7. The summed E-state index contributed by atoms with van der Waals surface area (Å²) in [4.78, 5) is 24.7. The lowest BCUT2D eigenvalue weighted by Crippen LogP contribution is -2.43. The molecular formula is C24H27N7O2. The smallest absolute Gasteiger partial charge is 0.353 e. The fourth-order valence-corrected chi connectivity index (χ4v) is 4.44. The molecule has 9 nitrogen and oxygen atoms in total. The van der Waals surface area contributed by atoms with E-state index in [9.17, 15) is 4.79 Å². The Morgan fingerprint density at radius 2 is 1.82 bits per heavy atom. The summed E-state index contributed by atoms with van der Waals surface area (Å²) in [6.45, 7) is 6.48. The zero-order chi connectivity index (χ0) is 23.1. The maximum absolute atomic E-state index is 13.3. The van der Waals surface area contributed by atoms with E-state index in [2.05, 4.69) is 14.9 Å². The highest BCUT2D eigenvalue weighted by atomic mass is 16.5. The van der Waals surface area contributed by atoms with Crippen LogP contribution < -0.4 is 11.4 Å². The lowest BCUT2D eigenvalue weighted by molar-refractivity contribution is -0.0295. The maximum Gasteiger partial charge on any atom is 0.353 e. The van der Waals surface area contributed by atoms with Crippen LogP contribution in [-0.2, 0) is 11.3 Å². The molecule has 0 bridgehead atoms. The molecule has 4 aromatic rings. The molecule has 1 aliphatic rings. The van der Waals surface area contributed by atoms with Gasteiger partial charge in [0, 0.05) is 30.0 Å². The molecule has 1 saturated heterocycles. The van der Waals surface area contributed by atoms with Gasteiger partial charge in [-0.2, -0.15) is 0 Å². The SMILES string of the molecule is Cc1cc(-c2c(-c3ccccc3)nc(N)n3c(=O)n(CC4CN(C)CCO4)nc23)cc(C)n1. The van der Waals surface area contributed by atoms with Crippen LogP contribution in [0.4, 0.5) is 5.95 Å². The highest BCUT2D eigenvalue weighted by molar-refractivity contribution is 5.90. The summed E-state index contributed by atoms with van der Waals surface area (Å²) in [6.07, 6.45) is -0.122. The molecule has 0 aliphatic carbocycles. The van der Waals surface area contributed by atoms with Gasteiger partial charge in [-0.1, -0.05) is 30.3 Å². The van der Waals surface area contributed by atoms with E-state index in [4.69, 9.17) is 15.6 Å². The molecule has 1 aliphatic heterocycles. The Bertz CT molecular complexity index is 1360.